The number of halogens is 1. The lowest BCUT2D eigenvalue weighted by Gasteiger charge is -2.17. The summed E-state index contributed by atoms with van der Waals surface area (Å²) in [7, 11) is 5.74. The van der Waals surface area contributed by atoms with Crippen LogP contribution in [0.25, 0.3) is 0 Å². The van der Waals surface area contributed by atoms with Gasteiger partial charge in [0.15, 0.2) is 0 Å². The summed E-state index contributed by atoms with van der Waals surface area (Å²) < 4.78 is 5.36. The number of anilines is 2. The minimum Gasteiger partial charge on any atom is -0.496 e. The number of hydrogen-bond donors (Lipinski definition) is 1. The molecule has 0 aliphatic heterocycles. The molecule has 0 saturated heterocycles. The number of rotatable bonds is 5. The Hall–Kier alpha value is -1.87. The average molecular weight is 305 g/mol. The molecule has 2 aromatic carbocycles. The summed E-state index contributed by atoms with van der Waals surface area (Å²) in [6.07, 6.45) is 0. The molecule has 0 atom stereocenters. The van der Waals surface area contributed by atoms with Crippen molar-refractivity contribution in [2.45, 2.75) is 13.5 Å². The number of ether oxygens (including phenoxy) is 1. The summed E-state index contributed by atoms with van der Waals surface area (Å²) >= 11 is 6.25. The highest BCUT2D eigenvalue weighted by atomic mass is 35.5. The van der Waals surface area contributed by atoms with Crippen molar-refractivity contribution in [3.63, 3.8) is 0 Å². The predicted octanol–water partition coefficient (Wildman–Crippen LogP) is 4.34. The van der Waals surface area contributed by atoms with E-state index in [-0.39, 0.29) is 0 Å². The van der Waals surface area contributed by atoms with Crippen molar-refractivity contribution in [1.29, 1.82) is 0 Å². The van der Waals surface area contributed by atoms with Gasteiger partial charge in [0.2, 0.25) is 0 Å². The van der Waals surface area contributed by atoms with Crippen LogP contribution in [-0.4, -0.2) is 21.2 Å². The molecule has 0 aliphatic rings. The van der Waals surface area contributed by atoms with Gasteiger partial charge in [0.1, 0.15) is 5.75 Å². The van der Waals surface area contributed by atoms with Crippen LogP contribution in [0.2, 0.25) is 5.02 Å². The maximum atomic E-state index is 6.25. The van der Waals surface area contributed by atoms with Crippen LogP contribution in [-0.2, 0) is 6.54 Å². The van der Waals surface area contributed by atoms with Crippen LogP contribution in [0.5, 0.6) is 5.75 Å². The third-order valence-electron chi connectivity index (χ3n) is 3.48. The second-order valence-corrected chi connectivity index (χ2v) is 5.58. The fraction of sp³-hybridized carbons (Fsp3) is 0.294. The Labute approximate surface area is 131 Å². The van der Waals surface area contributed by atoms with E-state index in [1.54, 1.807) is 7.11 Å². The zero-order chi connectivity index (χ0) is 15.4. The number of nitrogens with one attached hydrogen (secondary N) is 1. The Morgan fingerprint density at radius 1 is 1.19 bits per heavy atom. The Morgan fingerprint density at radius 2 is 1.95 bits per heavy atom. The zero-order valence-electron chi connectivity index (χ0n) is 12.9. The molecule has 0 heterocycles. The van der Waals surface area contributed by atoms with Gasteiger partial charge in [-0.1, -0.05) is 17.7 Å². The summed E-state index contributed by atoms with van der Waals surface area (Å²) in [6, 6.07) is 12.0. The Balaban J connectivity index is 2.17. The molecule has 0 saturated carbocycles. The van der Waals surface area contributed by atoms with E-state index in [1.165, 1.54) is 11.3 Å². The first-order valence-electron chi connectivity index (χ1n) is 6.86. The lowest BCUT2D eigenvalue weighted by atomic mass is 10.1. The molecule has 0 spiro atoms. The Kier molecular flexibility index (Phi) is 4.97. The van der Waals surface area contributed by atoms with Crippen molar-refractivity contribution in [2.24, 2.45) is 0 Å². The van der Waals surface area contributed by atoms with Crippen LogP contribution in [0.4, 0.5) is 11.4 Å². The van der Waals surface area contributed by atoms with E-state index < -0.39 is 0 Å². The molecule has 0 aromatic heterocycles. The van der Waals surface area contributed by atoms with Crippen LogP contribution in [0.15, 0.2) is 36.4 Å². The van der Waals surface area contributed by atoms with E-state index in [2.05, 4.69) is 35.3 Å². The molecule has 0 fully saturated rings. The molecule has 0 aliphatic carbocycles. The molecule has 2 rings (SSSR count). The van der Waals surface area contributed by atoms with Crippen molar-refractivity contribution in [1.82, 2.24) is 0 Å². The molecule has 0 radical (unpaired) electrons. The number of aryl methyl sites for hydroxylation is 1. The minimum atomic E-state index is 0.630. The van der Waals surface area contributed by atoms with E-state index >= 15 is 0 Å². The number of nitrogens with zero attached hydrogens (tertiary/aromatic N) is 1. The van der Waals surface area contributed by atoms with E-state index in [0.29, 0.717) is 11.6 Å². The van der Waals surface area contributed by atoms with E-state index in [0.717, 1.165) is 17.0 Å². The summed E-state index contributed by atoms with van der Waals surface area (Å²) in [5.41, 5.74) is 4.46. The van der Waals surface area contributed by atoms with Gasteiger partial charge >= 0.3 is 0 Å². The average Bonchev–Trinajstić information content (AvgIpc) is 2.46. The lowest BCUT2D eigenvalue weighted by molar-refractivity contribution is 0.410. The Bertz CT molecular complexity index is 626. The molecular weight excluding hydrogens is 284 g/mol. The topological polar surface area (TPSA) is 24.5 Å². The van der Waals surface area contributed by atoms with Crippen molar-refractivity contribution in [3.05, 3.63) is 52.5 Å². The molecule has 0 unspecified atom stereocenters. The number of methoxy groups -OCH3 is 1. The number of benzene rings is 2. The predicted molar refractivity (Wildman–Crippen MR) is 90.8 cm³/mol. The normalized spacial score (nSPS) is 10.3. The first-order chi connectivity index (χ1) is 10.0. The summed E-state index contributed by atoms with van der Waals surface area (Å²) in [4.78, 5) is 2.09. The smallest absolute Gasteiger partial charge is 0.125 e. The van der Waals surface area contributed by atoms with Crippen molar-refractivity contribution in [2.75, 3.05) is 31.4 Å². The van der Waals surface area contributed by atoms with Crippen molar-refractivity contribution >= 4 is 23.0 Å². The third kappa shape index (κ3) is 3.61. The lowest BCUT2D eigenvalue weighted by Crippen LogP contribution is -2.09. The summed E-state index contributed by atoms with van der Waals surface area (Å²) in [6.45, 7) is 2.73. The molecule has 0 amide bonds. The van der Waals surface area contributed by atoms with Crippen LogP contribution >= 0.6 is 11.6 Å². The van der Waals surface area contributed by atoms with Gasteiger partial charge in [-0.3, -0.25) is 0 Å². The fourth-order valence-corrected chi connectivity index (χ4v) is 2.44. The zero-order valence-corrected chi connectivity index (χ0v) is 13.7. The van der Waals surface area contributed by atoms with Gasteiger partial charge in [0.25, 0.3) is 0 Å². The van der Waals surface area contributed by atoms with Gasteiger partial charge in [-0.25, -0.2) is 0 Å². The Morgan fingerprint density at radius 3 is 2.57 bits per heavy atom. The second kappa shape index (κ2) is 6.72. The molecule has 21 heavy (non-hydrogen) atoms. The fourth-order valence-electron chi connectivity index (χ4n) is 2.21. The first kappa shape index (κ1) is 15.5. The maximum Gasteiger partial charge on any atom is 0.125 e. The highest BCUT2D eigenvalue weighted by Crippen LogP contribution is 2.28. The third-order valence-corrected chi connectivity index (χ3v) is 3.83. The van der Waals surface area contributed by atoms with Gasteiger partial charge < -0.3 is 15.0 Å². The largest absolute Gasteiger partial charge is 0.496 e. The second-order valence-electron chi connectivity index (χ2n) is 5.17. The SMILES string of the molecule is COc1cccc(Cl)c1CNc1ccc(N(C)C)cc1C. The highest BCUT2D eigenvalue weighted by molar-refractivity contribution is 6.31. The van der Waals surface area contributed by atoms with E-state index in [9.17, 15) is 0 Å². The van der Waals surface area contributed by atoms with Crippen molar-refractivity contribution < 1.29 is 4.74 Å². The van der Waals surface area contributed by atoms with Gasteiger partial charge in [0.05, 0.1) is 7.11 Å². The highest BCUT2D eigenvalue weighted by Gasteiger charge is 2.08. The van der Waals surface area contributed by atoms with Gasteiger partial charge in [0, 0.05) is 42.6 Å². The minimum absolute atomic E-state index is 0.630. The molecule has 0 bridgehead atoms. The standard InChI is InChI=1S/C17H21ClN2O/c1-12-10-13(20(2)3)8-9-16(12)19-11-14-15(18)6-5-7-17(14)21-4/h5-10,19H,11H2,1-4H3. The summed E-state index contributed by atoms with van der Waals surface area (Å²) in [5.74, 6) is 0.803. The first-order valence-corrected chi connectivity index (χ1v) is 7.24. The monoisotopic (exact) mass is 304 g/mol. The van der Waals surface area contributed by atoms with Crippen LogP contribution < -0.4 is 15.0 Å². The van der Waals surface area contributed by atoms with Crippen molar-refractivity contribution in [3.8, 4) is 5.75 Å². The van der Waals surface area contributed by atoms with Crippen LogP contribution in [0, 0.1) is 6.92 Å². The van der Waals surface area contributed by atoms with E-state index in [1.807, 2.05) is 32.3 Å². The van der Waals surface area contributed by atoms with Gasteiger partial charge in [-0.05, 0) is 42.8 Å². The van der Waals surface area contributed by atoms with Crippen LogP contribution in [0.1, 0.15) is 11.1 Å². The quantitative estimate of drug-likeness (QED) is 0.889. The molecule has 2 aromatic rings. The number of hydrogen-bond acceptors (Lipinski definition) is 3. The molecule has 1 N–H and O–H groups in total. The molecular formula is C17H21ClN2O. The maximum absolute atomic E-state index is 6.25. The molecule has 4 heteroatoms. The van der Waals surface area contributed by atoms with Crippen LogP contribution in [0.3, 0.4) is 0 Å². The molecule has 112 valence electrons. The van der Waals surface area contributed by atoms with Gasteiger partial charge in [-0.15, -0.1) is 0 Å². The van der Waals surface area contributed by atoms with E-state index in [4.69, 9.17) is 16.3 Å². The summed E-state index contributed by atoms with van der Waals surface area (Å²) in [5, 5.41) is 4.14. The molecule has 3 nitrogen and oxygen atoms in total. The van der Waals surface area contributed by atoms with Gasteiger partial charge in [-0.2, -0.15) is 0 Å².